The van der Waals surface area contributed by atoms with Crippen molar-refractivity contribution in [2.24, 2.45) is 0 Å². The molecule has 1 aliphatic heterocycles. The molecule has 6 heteroatoms. The molecule has 1 N–H and O–H groups in total. The Labute approximate surface area is 131 Å². The number of hydrogen-bond acceptors (Lipinski definition) is 3. The molecular weight excluding hydrogens is 305 g/mol. The second-order valence-electron chi connectivity index (χ2n) is 6.28. The van der Waals surface area contributed by atoms with Crippen molar-refractivity contribution < 1.29 is 17.5 Å². The first-order valence-electron chi connectivity index (χ1n) is 7.92. The van der Waals surface area contributed by atoms with Crippen molar-refractivity contribution in [3.63, 3.8) is 0 Å². The van der Waals surface area contributed by atoms with Crippen molar-refractivity contribution in [3.8, 4) is 5.75 Å². The van der Waals surface area contributed by atoms with Gasteiger partial charge in [-0.25, -0.2) is 17.5 Å². The summed E-state index contributed by atoms with van der Waals surface area (Å²) in [6.45, 7) is 1.58. The van der Waals surface area contributed by atoms with Crippen LogP contribution in [0, 0.1) is 5.82 Å². The van der Waals surface area contributed by atoms with Gasteiger partial charge >= 0.3 is 0 Å². The highest BCUT2D eigenvalue weighted by atomic mass is 32.2. The van der Waals surface area contributed by atoms with E-state index in [4.69, 9.17) is 4.74 Å². The molecule has 1 aromatic rings. The maximum absolute atomic E-state index is 14.2. The zero-order chi connectivity index (χ0) is 15.8. The van der Waals surface area contributed by atoms with Crippen LogP contribution < -0.4 is 9.46 Å². The van der Waals surface area contributed by atoms with E-state index in [1.54, 1.807) is 19.1 Å². The van der Waals surface area contributed by atoms with Crippen LogP contribution >= 0.6 is 0 Å². The summed E-state index contributed by atoms with van der Waals surface area (Å²) < 4.78 is 47.0. The minimum Gasteiger partial charge on any atom is -0.487 e. The molecule has 1 aliphatic carbocycles. The third kappa shape index (κ3) is 2.99. The lowest BCUT2D eigenvalue weighted by Crippen LogP contribution is -2.47. The number of ether oxygens (including phenoxy) is 1. The molecule has 0 saturated heterocycles. The number of rotatable bonds is 3. The van der Waals surface area contributed by atoms with Crippen molar-refractivity contribution in [2.45, 2.75) is 57.1 Å². The summed E-state index contributed by atoms with van der Waals surface area (Å²) >= 11 is 0. The maximum atomic E-state index is 14.2. The van der Waals surface area contributed by atoms with E-state index in [2.05, 4.69) is 4.72 Å². The van der Waals surface area contributed by atoms with Crippen LogP contribution in [0.1, 0.15) is 57.1 Å². The first-order valence-corrected chi connectivity index (χ1v) is 9.57. The molecule has 0 amide bonds. The van der Waals surface area contributed by atoms with Crippen molar-refractivity contribution in [1.29, 1.82) is 0 Å². The average molecular weight is 327 g/mol. The molecule has 0 aromatic heterocycles. The summed E-state index contributed by atoms with van der Waals surface area (Å²) in [6, 6.07) is 4.16. The number of hydrogen-bond donors (Lipinski definition) is 1. The fourth-order valence-electron chi connectivity index (χ4n) is 3.60. The van der Waals surface area contributed by atoms with Gasteiger partial charge in [0.25, 0.3) is 0 Å². The first kappa shape index (κ1) is 15.7. The smallest absolute Gasteiger partial charge is 0.211 e. The lowest BCUT2D eigenvalue weighted by atomic mass is 9.77. The second-order valence-corrected chi connectivity index (χ2v) is 8.32. The first-order chi connectivity index (χ1) is 10.4. The van der Waals surface area contributed by atoms with E-state index in [9.17, 15) is 12.8 Å². The van der Waals surface area contributed by atoms with Crippen LogP contribution in [-0.4, -0.2) is 19.8 Å². The number of nitrogens with one attached hydrogen (secondary N) is 1. The SMILES string of the molecule is CCS(=O)(=O)NC1CC2(CCCCC2)Oc2cccc(F)c21. The van der Waals surface area contributed by atoms with Gasteiger partial charge in [0.1, 0.15) is 17.2 Å². The standard InChI is InChI=1S/C16H22FNO3S/c1-2-22(19,20)18-13-11-16(9-4-3-5-10-16)21-14-8-6-7-12(17)15(13)14/h6-8,13,18H,2-5,9-11H2,1H3. The third-order valence-corrected chi connectivity index (χ3v) is 6.13. The van der Waals surface area contributed by atoms with Gasteiger partial charge in [-0.2, -0.15) is 0 Å². The van der Waals surface area contributed by atoms with Gasteiger partial charge in [-0.3, -0.25) is 0 Å². The molecule has 1 fully saturated rings. The Hall–Kier alpha value is -1.14. The Bertz CT molecular complexity index is 653. The largest absolute Gasteiger partial charge is 0.487 e. The highest BCUT2D eigenvalue weighted by molar-refractivity contribution is 7.89. The van der Waals surface area contributed by atoms with Crippen molar-refractivity contribution in [3.05, 3.63) is 29.6 Å². The highest BCUT2D eigenvalue weighted by Crippen LogP contribution is 2.47. The Morgan fingerprint density at radius 2 is 2.05 bits per heavy atom. The molecule has 3 rings (SSSR count). The summed E-state index contributed by atoms with van der Waals surface area (Å²) in [5.74, 6) is 0.0603. The molecule has 1 aromatic carbocycles. The predicted molar refractivity (Wildman–Crippen MR) is 82.8 cm³/mol. The maximum Gasteiger partial charge on any atom is 0.211 e. The van der Waals surface area contributed by atoms with E-state index < -0.39 is 21.9 Å². The zero-order valence-electron chi connectivity index (χ0n) is 12.8. The normalized spacial score (nSPS) is 23.8. The van der Waals surface area contributed by atoms with Gasteiger partial charge in [-0.1, -0.05) is 12.5 Å². The molecular formula is C16H22FNO3S. The van der Waals surface area contributed by atoms with E-state index in [1.807, 2.05) is 0 Å². The van der Waals surface area contributed by atoms with Crippen LogP contribution in [0.3, 0.4) is 0 Å². The van der Waals surface area contributed by atoms with Gasteiger partial charge in [0, 0.05) is 12.0 Å². The lowest BCUT2D eigenvalue weighted by Gasteiger charge is -2.44. The highest BCUT2D eigenvalue weighted by Gasteiger charge is 2.43. The summed E-state index contributed by atoms with van der Waals surface area (Å²) in [7, 11) is -3.41. The Balaban J connectivity index is 2.00. The Morgan fingerprint density at radius 3 is 2.73 bits per heavy atom. The zero-order valence-corrected chi connectivity index (χ0v) is 13.6. The number of sulfonamides is 1. The van der Waals surface area contributed by atoms with E-state index in [-0.39, 0.29) is 11.4 Å². The quantitative estimate of drug-likeness (QED) is 0.927. The lowest BCUT2D eigenvalue weighted by molar-refractivity contribution is -0.00100. The van der Waals surface area contributed by atoms with Crippen molar-refractivity contribution in [2.75, 3.05) is 5.75 Å². The van der Waals surface area contributed by atoms with Crippen molar-refractivity contribution in [1.82, 2.24) is 4.72 Å². The van der Waals surface area contributed by atoms with E-state index >= 15 is 0 Å². The van der Waals surface area contributed by atoms with Gasteiger partial charge in [-0.15, -0.1) is 0 Å². The summed E-state index contributed by atoms with van der Waals surface area (Å²) in [6.07, 6.45) is 5.60. The van der Waals surface area contributed by atoms with Crippen LogP contribution in [0.15, 0.2) is 18.2 Å². The summed E-state index contributed by atoms with van der Waals surface area (Å²) in [5, 5.41) is 0. The third-order valence-electron chi connectivity index (χ3n) is 4.73. The molecule has 4 nitrogen and oxygen atoms in total. The van der Waals surface area contributed by atoms with Crippen LogP contribution in [0.4, 0.5) is 4.39 Å². The fourth-order valence-corrected chi connectivity index (χ4v) is 4.40. The van der Waals surface area contributed by atoms with E-state index in [0.29, 0.717) is 17.7 Å². The Kier molecular flexibility index (Phi) is 4.16. The van der Waals surface area contributed by atoms with Gasteiger partial charge in [0.15, 0.2) is 0 Å². The van der Waals surface area contributed by atoms with E-state index in [1.165, 1.54) is 12.5 Å². The van der Waals surface area contributed by atoms with Crippen molar-refractivity contribution >= 4 is 10.0 Å². The summed E-state index contributed by atoms with van der Waals surface area (Å²) in [4.78, 5) is 0. The molecule has 1 atom stereocenters. The summed E-state index contributed by atoms with van der Waals surface area (Å²) in [5.41, 5.74) is -0.0179. The Morgan fingerprint density at radius 1 is 1.32 bits per heavy atom. The van der Waals surface area contributed by atoms with Gasteiger partial charge in [0.2, 0.25) is 10.0 Å². The fraction of sp³-hybridized carbons (Fsp3) is 0.625. The molecule has 122 valence electrons. The van der Waals surface area contributed by atoms with Crippen LogP contribution in [0.2, 0.25) is 0 Å². The molecule has 0 bridgehead atoms. The average Bonchev–Trinajstić information content (AvgIpc) is 2.47. The van der Waals surface area contributed by atoms with E-state index in [0.717, 1.165) is 25.7 Å². The van der Waals surface area contributed by atoms with Crippen LogP contribution in [0.25, 0.3) is 0 Å². The molecule has 1 saturated carbocycles. The molecule has 1 heterocycles. The van der Waals surface area contributed by atoms with Crippen LogP contribution in [0.5, 0.6) is 5.75 Å². The monoisotopic (exact) mass is 327 g/mol. The number of benzene rings is 1. The second kappa shape index (κ2) is 5.81. The number of halogens is 1. The number of fused-ring (bicyclic) bond motifs is 1. The van der Waals surface area contributed by atoms with Crippen LogP contribution in [-0.2, 0) is 10.0 Å². The van der Waals surface area contributed by atoms with Gasteiger partial charge in [0.05, 0.1) is 11.8 Å². The van der Waals surface area contributed by atoms with Gasteiger partial charge < -0.3 is 4.74 Å². The molecule has 1 unspecified atom stereocenters. The molecule has 2 aliphatic rings. The molecule has 22 heavy (non-hydrogen) atoms. The van der Waals surface area contributed by atoms with Gasteiger partial charge in [-0.05, 0) is 44.7 Å². The predicted octanol–water partition coefficient (Wildman–Crippen LogP) is 3.29. The topological polar surface area (TPSA) is 55.4 Å². The minimum atomic E-state index is -3.41. The minimum absolute atomic E-state index is 0.0128. The molecule has 1 spiro atoms. The molecule has 0 radical (unpaired) electrons.